The van der Waals surface area contributed by atoms with E-state index >= 15 is 0 Å². The lowest BCUT2D eigenvalue weighted by Gasteiger charge is -2.40. The van der Waals surface area contributed by atoms with E-state index in [1.807, 2.05) is 6.92 Å². The largest absolute Gasteiger partial charge is 0.481 e. The van der Waals surface area contributed by atoms with Crippen LogP contribution in [0, 0.1) is 17.8 Å². The zero-order chi connectivity index (χ0) is 50.4. The summed E-state index contributed by atoms with van der Waals surface area (Å²) >= 11 is 0. The van der Waals surface area contributed by atoms with Crippen molar-refractivity contribution in [2.75, 3.05) is 25.6 Å². The van der Waals surface area contributed by atoms with Crippen molar-refractivity contribution in [2.45, 2.75) is 185 Å². The number of carbonyl (C=O) groups excluding carboxylic acids is 3. The first kappa shape index (κ1) is 59.4. The van der Waals surface area contributed by atoms with Gasteiger partial charge in [-0.25, -0.2) is 13.9 Å². The van der Waals surface area contributed by atoms with Crippen LogP contribution in [0.25, 0.3) is 0 Å². The number of nitrogens with zero attached hydrogens (tertiary/aromatic N) is 2. The maximum atomic E-state index is 13.7. The number of phosphoric acid groups is 2. The van der Waals surface area contributed by atoms with Gasteiger partial charge in [0.25, 0.3) is 0 Å². The highest BCUT2D eigenvalue weighted by molar-refractivity contribution is 7.61. The van der Waals surface area contributed by atoms with Crippen LogP contribution in [0.5, 0.6) is 0 Å². The topological polar surface area (TPSA) is 343 Å². The van der Waals surface area contributed by atoms with E-state index in [-0.39, 0.29) is 37.9 Å². The molecule has 9 N–H and O–H groups in total. The van der Waals surface area contributed by atoms with Crippen molar-refractivity contribution in [3.63, 3.8) is 0 Å². The summed E-state index contributed by atoms with van der Waals surface area (Å²) in [6.07, 6.45) is -2.62. The summed E-state index contributed by atoms with van der Waals surface area (Å²) in [5.74, 6) is -4.56. The molecule has 390 valence electrons. The van der Waals surface area contributed by atoms with Crippen molar-refractivity contribution in [1.82, 2.24) is 9.55 Å². The number of Topliss-reactive ketones (excluding diaryl/α,β-unsaturated/α-hetero) is 1. The molecule has 2 saturated heterocycles. The lowest BCUT2D eigenvalue weighted by Crippen LogP contribution is -2.52. The number of hydrogen-bond acceptors (Lipinski definition) is 19. The Labute approximate surface area is 397 Å². The summed E-state index contributed by atoms with van der Waals surface area (Å²) in [6, 6.07) is 1.18. The van der Waals surface area contributed by atoms with Gasteiger partial charge in [0.15, 0.2) is 6.10 Å². The van der Waals surface area contributed by atoms with E-state index in [1.54, 1.807) is 0 Å². The van der Waals surface area contributed by atoms with Gasteiger partial charge in [0.05, 0.1) is 37.6 Å². The number of ether oxygens (including phenoxy) is 3. The number of hydrogen-bond donors (Lipinski definition) is 8. The van der Waals surface area contributed by atoms with Crippen LogP contribution in [0.15, 0.2) is 29.2 Å². The molecular formula is C44H75N3O19P2. The quantitative estimate of drug-likeness (QED) is 0.0466. The molecule has 0 amide bonds. The summed E-state index contributed by atoms with van der Waals surface area (Å²) in [5.41, 5.74) is 4.66. The average Bonchev–Trinajstić information content (AvgIpc) is 3.25. The summed E-state index contributed by atoms with van der Waals surface area (Å²) in [5, 5.41) is 57.3. The standard InChI is InChI=1S/C44H75N3O19P2/c1-4-5-10-16-30(48)20-21-33-35(50)25-36(51)34-24-31(49)17-13-14-18-39(52)61-26-32(64-40(53)19-12-9-7-6-8-11-15-29(2)3)27-62-67(57,58)66-68(59,60)63-28-37(42(55)41(33)54)65-43(34)47-23-22-38(45)46-44(47)56/h20-23,29-30,32-37,41-43,48,50-51,54-55H,4-19,24-28H2,1-3H3,(H,57,58)(H,59,60)(H2,45,46,56)/b21-20+/t30-,32+,33-,34-,35+,36-,37+,41-,42+,43+/m0/s1. The molecule has 0 aliphatic carbocycles. The first-order valence-electron chi connectivity index (χ1n) is 23.7. The van der Waals surface area contributed by atoms with Crippen LogP contribution in [-0.4, -0.2) is 125 Å². The number of carbonyl (C=O) groups is 3. The Morgan fingerprint density at radius 1 is 0.897 bits per heavy atom. The highest BCUT2D eigenvalue weighted by Crippen LogP contribution is 2.60. The molecule has 2 aliphatic heterocycles. The summed E-state index contributed by atoms with van der Waals surface area (Å²) < 4.78 is 58.5. The molecule has 0 radical (unpaired) electrons. The Kier molecular flexibility index (Phi) is 26.2. The monoisotopic (exact) mass is 1010 g/mol. The molecule has 2 bridgehead atoms. The van der Waals surface area contributed by atoms with Gasteiger partial charge < -0.3 is 55.3 Å². The van der Waals surface area contributed by atoms with Gasteiger partial charge in [-0.3, -0.25) is 28.0 Å². The first-order chi connectivity index (χ1) is 32.1. The molecule has 3 heterocycles. The van der Waals surface area contributed by atoms with Crippen LogP contribution >= 0.6 is 15.6 Å². The van der Waals surface area contributed by atoms with E-state index in [2.05, 4.69) is 23.1 Å². The summed E-state index contributed by atoms with van der Waals surface area (Å²) in [4.78, 5) is 77.6. The number of fused-ring (bicyclic) bond motifs is 3. The molecule has 1 aromatic heterocycles. The number of aromatic nitrogens is 2. The van der Waals surface area contributed by atoms with Crippen molar-refractivity contribution >= 4 is 39.2 Å². The Morgan fingerprint density at radius 2 is 1.54 bits per heavy atom. The fourth-order valence-corrected chi connectivity index (χ4v) is 10.0. The zero-order valence-corrected chi connectivity index (χ0v) is 41.2. The maximum absolute atomic E-state index is 13.7. The number of ketones is 1. The molecule has 0 aromatic carbocycles. The number of nitrogen functional groups attached to an aromatic ring is 1. The minimum absolute atomic E-state index is 0.0273. The molecular weight excluding hydrogens is 936 g/mol. The lowest BCUT2D eigenvalue weighted by atomic mass is 9.82. The number of aliphatic hydroxyl groups is 5. The highest BCUT2D eigenvalue weighted by atomic mass is 31.3. The van der Waals surface area contributed by atoms with Gasteiger partial charge in [-0.15, -0.1) is 0 Å². The Morgan fingerprint density at radius 3 is 2.22 bits per heavy atom. The minimum atomic E-state index is -5.75. The lowest BCUT2D eigenvalue weighted by molar-refractivity contribution is -0.196. The third-order valence-corrected chi connectivity index (χ3v) is 14.3. The van der Waals surface area contributed by atoms with E-state index in [9.17, 15) is 63.6 Å². The van der Waals surface area contributed by atoms with E-state index in [4.69, 9.17) is 29.0 Å². The average molecular weight is 1010 g/mol. The van der Waals surface area contributed by atoms with Crippen molar-refractivity contribution in [2.24, 2.45) is 17.8 Å². The highest BCUT2D eigenvalue weighted by Gasteiger charge is 2.45. The molecule has 2 unspecified atom stereocenters. The van der Waals surface area contributed by atoms with Crippen LogP contribution in [0.4, 0.5) is 5.82 Å². The third-order valence-electron chi connectivity index (χ3n) is 11.7. The van der Waals surface area contributed by atoms with Gasteiger partial charge in [-0.05, 0) is 37.7 Å². The maximum Gasteiger partial charge on any atom is 0.481 e. The normalized spacial score (nSPS) is 31.8. The number of esters is 2. The second-order valence-electron chi connectivity index (χ2n) is 18.1. The smallest absolute Gasteiger partial charge is 0.462 e. The van der Waals surface area contributed by atoms with Gasteiger partial charge in [-0.1, -0.05) is 90.7 Å². The van der Waals surface area contributed by atoms with Crippen LogP contribution in [0.2, 0.25) is 0 Å². The number of aliphatic hydroxyl groups excluding tert-OH is 5. The van der Waals surface area contributed by atoms with Gasteiger partial charge in [0, 0.05) is 50.1 Å². The molecule has 12 atom stereocenters. The molecule has 1 aromatic rings. The molecule has 0 spiro atoms. The van der Waals surface area contributed by atoms with Crippen molar-refractivity contribution < 1.29 is 86.4 Å². The van der Waals surface area contributed by atoms with Crippen molar-refractivity contribution in [3.8, 4) is 0 Å². The molecule has 24 heteroatoms. The minimum Gasteiger partial charge on any atom is -0.462 e. The number of phosphoric ester groups is 2. The van der Waals surface area contributed by atoms with Crippen LogP contribution < -0.4 is 11.4 Å². The Bertz CT molecular complexity index is 1890. The van der Waals surface area contributed by atoms with Crippen LogP contribution in [0.1, 0.15) is 143 Å². The predicted octanol–water partition coefficient (Wildman–Crippen LogP) is 4.30. The van der Waals surface area contributed by atoms with Crippen molar-refractivity contribution in [1.29, 1.82) is 0 Å². The fourth-order valence-electron chi connectivity index (χ4n) is 7.90. The van der Waals surface area contributed by atoms with Gasteiger partial charge in [0.2, 0.25) is 0 Å². The number of anilines is 1. The summed E-state index contributed by atoms with van der Waals surface area (Å²) in [6.45, 7) is 3.42. The Balaban J connectivity index is 1.96. The third kappa shape index (κ3) is 22.0. The first-order valence-corrected chi connectivity index (χ1v) is 26.7. The number of cyclic esters (lactones) is 1. The molecule has 0 saturated carbocycles. The van der Waals surface area contributed by atoms with Gasteiger partial charge in [-0.2, -0.15) is 9.29 Å². The molecule has 3 rings (SSSR count). The van der Waals surface area contributed by atoms with Crippen LogP contribution in [-0.2, 0) is 51.1 Å². The van der Waals surface area contributed by atoms with Crippen LogP contribution in [0.3, 0.4) is 0 Å². The van der Waals surface area contributed by atoms with E-state index in [0.717, 1.165) is 62.1 Å². The molecule has 22 nitrogen and oxygen atoms in total. The second-order valence-corrected chi connectivity index (χ2v) is 21.1. The molecule has 68 heavy (non-hydrogen) atoms. The zero-order valence-electron chi connectivity index (χ0n) is 39.4. The van der Waals surface area contributed by atoms with E-state index in [0.29, 0.717) is 25.2 Å². The number of nitrogens with two attached hydrogens (primary N) is 1. The molecule has 2 aliphatic rings. The summed E-state index contributed by atoms with van der Waals surface area (Å²) in [7, 11) is -11.4. The van der Waals surface area contributed by atoms with E-state index < -0.39 is 133 Å². The van der Waals surface area contributed by atoms with E-state index in [1.165, 1.54) is 18.2 Å². The number of unbranched alkanes of at least 4 members (excludes halogenated alkanes) is 7. The Hall–Kier alpha value is -2.95. The van der Waals surface area contributed by atoms with Gasteiger partial charge >= 0.3 is 33.3 Å². The van der Waals surface area contributed by atoms with Crippen molar-refractivity contribution in [3.05, 3.63) is 34.9 Å². The number of rotatable bonds is 17. The SMILES string of the molecule is CCCCC[C@H](O)/C=C/[C@@H]1[C@H](O)[C@H](O)[C@H]2COP(=O)(O)OP(=O)(O)OC[C@H](OC(=O)CCCCCCCCC(C)C)COC(=O)CCCCC(=O)C[C@H]([C@H](n3ccc(N)nc3=O)O2)[C@@H](O)C[C@H]1O. The van der Waals surface area contributed by atoms with Gasteiger partial charge in [0.1, 0.15) is 36.6 Å². The fraction of sp³-hybridized carbons (Fsp3) is 0.795. The molecule has 2 fully saturated rings. The second kappa shape index (κ2) is 30.0. The predicted molar refractivity (Wildman–Crippen MR) is 245 cm³/mol.